The second-order valence-electron chi connectivity index (χ2n) is 6.84. The van der Waals surface area contributed by atoms with Crippen molar-refractivity contribution in [3.05, 3.63) is 29.3 Å². The summed E-state index contributed by atoms with van der Waals surface area (Å²) in [6.45, 7) is 8.94. The van der Waals surface area contributed by atoms with Gasteiger partial charge in [-0.15, -0.1) is 0 Å². The van der Waals surface area contributed by atoms with Crippen molar-refractivity contribution in [2.24, 2.45) is 11.1 Å². The van der Waals surface area contributed by atoms with Crippen LogP contribution in [-0.4, -0.2) is 7.11 Å². The van der Waals surface area contributed by atoms with Gasteiger partial charge < -0.3 is 10.5 Å². The molecule has 0 bridgehead atoms. The first-order valence-electron chi connectivity index (χ1n) is 6.72. The summed E-state index contributed by atoms with van der Waals surface area (Å²) in [5, 5.41) is 0. The van der Waals surface area contributed by atoms with E-state index in [1.807, 2.05) is 0 Å². The summed E-state index contributed by atoms with van der Waals surface area (Å²) < 4.78 is 5.48. The molecule has 0 spiro atoms. The Hall–Kier alpha value is -1.02. The van der Waals surface area contributed by atoms with E-state index in [0.717, 1.165) is 11.3 Å². The molecule has 2 heteroatoms. The Labute approximate surface area is 111 Å². The van der Waals surface area contributed by atoms with Gasteiger partial charge in [0.1, 0.15) is 5.75 Å². The Balaban J connectivity index is 2.43. The average molecular weight is 247 g/mol. The van der Waals surface area contributed by atoms with Crippen molar-refractivity contribution in [2.45, 2.75) is 52.0 Å². The molecule has 0 aliphatic heterocycles. The van der Waals surface area contributed by atoms with Gasteiger partial charge in [-0.1, -0.05) is 33.8 Å². The highest BCUT2D eigenvalue weighted by Crippen LogP contribution is 2.54. The molecular weight excluding hydrogens is 222 g/mol. The molecule has 1 saturated carbocycles. The first-order valence-corrected chi connectivity index (χ1v) is 6.72. The second-order valence-corrected chi connectivity index (χ2v) is 6.84. The van der Waals surface area contributed by atoms with Gasteiger partial charge in [-0.05, 0) is 41.4 Å². The highest BCUT2D eigenvalue weighted by atomic mass is 16.5. The zero-order valence-corrected chi connectivity index (χ0v) is 12.2. The Morgan fingerprint density at radius 1 is 1.28 bits per heavy atom. The highest BCUT2D eigenvalue weighted by molar-refractivity contribution is 5.42. The predicted octanol–water partition coefficient (Wildman–Crippen LogP) is 3.79. The van der Waals surface area contributed by atoms with Crippen LogP contribution in [0.5, 0.6) is 5.75 Å². The molecule has 1 fully saturated rings. The van der Waals surface area contributed by atoms with Crippen LogP contribution < -0.4 is 10.5 Å². The van der Waals surface area contributed by atoms with E-state index in [9.17, 15) is 0 Å². The Morgan fingerprint density at radius 3 is 2.33 bits per heavy atom. The van der Waals surface area contributed by atoms with E-state index in [-0.39, 0.29) is 16.9 Å². The summed E-state index contributed by atoms with van der Waals surface area (Å²) in [7, 11) is 1.72. The fraction of sp³-hybridized carbons (Fsp3) is 0.625. The molecule has 1 atom stereocenters. The first kappa shape index (κ1) is 13.4. The lowest BCUT2D eigenvalue weighted by Crippen LogP contribution is -2.22. The molecule has 1 unspecified atom stereocenters. The smallest absolute Gasteiger partial charge is 0.123 e. The van der Waals surface area contributed by atoms with Gasteiger partial charge in [0.05, 0.1) is 7.11 Å². The van der Waals surface area contributed by atoms with Crippen LogP contribution in [0.4, 0.5) is 0 Å². The van der Waals surface area contributed by atoms with Crippen LogP contribution in [0.25, 0.3) is 0 Å². The third-order valence-electron chi connectivity index (χ3n) is 4.22. The van der Waals surface area contributed by atoms with Crippen molar-refractivity contribution in [2.75, 3.05) is 7.11 Å². The van der Waals surface area contributed by atoms with Gasteiger partial charge in [0, 0.05) is 11.6 Å². The van der Waals surface area contributed by atoms with Gasteiger partial charge in [-0.25, -0.2) is 0 Å². The lowest BCUT2D eigenvalue weighted by Gasteiger charge is -2.25. The maximum absolute atomic E-state index is 6.44. The molecule has 0 radical (unpaired) electrons. The molecule has 0 aromatic heterocycles. The Kier molecular flexibility index (Phi) is 3.18. The SMILES string of the molecule is COc1ccc(C(C)(C)C)cc1C(N)C1(C)CC1. The van der Waals surface area contributed by atoms with Crippen LogP contribution in [0.3, 0.4) is 0 Å². The van der Waals surface area contributed by atoms with Gasteiger partial charge in [-0.3, -0.25) is 0 Å². The van der Waals surface area contributed by atoms with E-state index in [1.165, 1.54) is 18.4 Å². The fourth-order valence-corrected chi connectivity index (χ4v) is 2.33. The Morgan fingerprint density at radius 2 is 1.89 bits per heavy atom. The maximum Gasteiger partial charge on any atom is 0.123 e. The normalized spacial score (nSPS) is 19.4. The molecule has 2 N–H and O–H groups in total. The molecular formula is C16H25NO. The van der Waals surface area contributed by atoms with Gasteiger partial charge in [0.25, 0.3) is 0 Å². The predicted molar refractivity (Wildman–Crippen MR) is 76.0 cm³/mol. The van der Waals surface area contributed by atoms with E-state index < -0.39 is 0 Å². The number of hydrogen-bond donors (Lipinski definition) is 1. The van der Waals surface area contributed by atoms with E-state index in [1.54, 1.807) is 7.11 Å². The van der Waals surface area contributed by atoms with Crippen LogP contribution in [0.15, 0.2) is 18.2 Å². The van der Waals surface area contributed by atoms with Gasteiger partial charge in [0.15, 0.2) is 0 Å². The second kappa shape index (κ2) is 4.27. The zero-order chi connectivity index (χ0) is 13.6. The largest absolute Gasteiger partial charge is 0.496 e. The minimum absolute atomic E-state index is 0.0785. The first-order chi connectivity index (χ1) is 8.28. The van der Waals surface area contributed by atoms with Crippen LogP contribution in [0, 0.1) is 5.41 Å². The fourth-order valence-electron chi connectivity index (χ4n) is 2.33. The minimum Gasteiger partial charge on any atom is -0.496 e. The summed E-state index contributed by atoms with van der Waals surface area (Å²) in [5.74, 6) is 0.920. The molecule has 18 heavy (non-hydrogen) atoms. The lowest BCUT2D eigenvalue weighted by atomic mass is 9.83. The molecule has 2 rings (SSSR count). The van der Waals surface area contributed by atoms with Crippen LogP contribution in [-0.2, 0) is 5.41 Å². The van der Waals surface area contributed by atoms with Crippen molar-refractivity contribution < 1.29 is 4.74 Å². The number of ether oxygens (including phenoxy) is 1. The molecule has 0 heterocycles. The third-order valence-corrected chi connectivity index (χ3v) is 4.22. The van der Waals surface area contributed by atoms with Crippen molar-refractivity contribution >= 4 is 0 Å². The molecule has 1 aromatic carbocycles. The van der Waals surface area contributed by atoms with Gasteiger partial charge in [-0.2, -0.15) is 0 Å². The van der Waals surface area contributed by atoms with Gasteiger partial charge >= 0.3 is 0 Å². The summed E-state index contributed by atoms with van der Waals surface area (Å²) in [4.78, 5) is 0. The monoisotopic (exact) mass is 247 g/mol. The summed E-state index contributed by atoms with van der Waals surface area (Å²) in [6, 6.07) is 6.51. The molecule has 100 valence electrons. The van der Waals surface area contributed by atoms with Crippen molar-refractivity contribution in [3.8, 4) is 5.75 Å². The van der Waals surface area contributed by atoms with Crippen LogP contribution in [0.1, 0.15) is 57.7 Å². The summed E-state index contributed by atoms with van der Waals surface area (Å²) in [5.41, 5.74) is 9.33. The van der Waals surface area contributed by atoms with E-state index in [4.69, 9.17) is 10.5 Å². The standard InChI is InChI=1S/C16H25NO/c1-15(2,3)11-6-7-13(18-5)12(10-11)14(17)16(4)8-9-16/h6-7,10,14H,8-9,17H2,1-5H3. The number of benzene rings is 1. The van der Waals surface area contributed by atoms with Crippen LogP contribution >= 0.6 is 0 Å². The van der Waals surface area contributed by atoms with E-state index in [2.05, 4.69) is 45.9 Å². The number of methoxy groups -OCH3 is 1. The topological polar surface area (TPSA) is 35.2 Å². The molecule has 0 saturated heterocycles. The molecule has 1 aliphatic carbocycles. The molecule has 1 aliphatic rings. The van der Waals surface area contributed by atoms with Crippen molar-refractivity contribution in [3.63, 3.8) is 0 Å². The van der Waals surface area contributed by atoms with Crippen molar-refractivity contribution in [1.29, 1.82) is 0 Å². The lowest BCUT2D eigenvalue weighted by molar-refractivity contribution is 0.384. The zero-order valence-electron chi connectivity index (χ0n) is 12.2. The Bertz CT molecular complexity index is 441. The molecule has 1 aromatic rings. The maximum atomic E-state index is 6.44. The number of rotatable bonds is 3. The average Bonchev–Trinajstić information content (AvgIpc) is 3.05. The molecule has 2 nitrogen and oxygen atoms in total. The van der Waals surface area contributed by atoms with Gasteiger partial charge in [0.2, 0.25) is 0 Å². The van der Waals surface area contributed by atoms with Crippen molar-refractivity contribution in [1.82, 2.24) is 0 Å². The summed E-state index contributed by atoms with van der Waals surface area (Å²) in [6.07, 6.45) is 2.44. The third kappa shape index (κ3) is 2.39. The number of hydrogen-bond acceptors (Lipinski definition) is 2. The number of nitrogens with two attached hydrogens (primary N) is 1. The molecule has 0 amide bonds. The van der Waals surface area contributed by atoms with Crippen LogP contribution in [0.2, 0.25) is 0 Å². The highest BCUT2D eigenvalue weighted by Gasteiger charge is 2.44. The quantitative estimate of drug-likeness (QED) is 0.882. The summed E-state index contributed by atoms with van der Waals surface area (Å²) >= 11 is 0. The van der Waals surface area contributed by atoms with E-state index >= 15 is 0 Å². The van der Waals surface area contributed by atoms with E-state index in [0.29, 0.717) is 0 Å². The minimum atomic E-state index is 0.0785.